The minimum atomic E-state index is 0.415. The van der Waals surface area contributed by atoms with Crippen LogP contribution in [0.15, 0.2) is 18.2 Å². The summed E-state index contributed by atoms with van der Waals surface area (Å²) in [4.78, 5) is 0. The lowest BCUT2D eigenvalue weighted by Crippen LogP contribution is -1.87. The highest BCUT2D eigenvalue weighted by atomic mass is 35.5. The van der Waals surface area contributed by atoms with Crippen molar-refractivity contribution < 1.29 is 4.74 Å². The minimum Gasteiger partial charge on any atom is -0.495 e. The smallest absolute Gasteiger partial charge is 0.137 e. The van der Waals surface area contributed by atoms with E-state index in [0.29, 0.717) is 16.7 Å². The Hall–Kier alpha value is -1.13. The van der Waals surface area contributed by atoms with E-state index in [9.17, 15) is 0 Å². The topological polar surface area (TPSA) is 9.23 Å². The van der Waals surface area contributed by atoms with Gasteiger partial charge in [0.1, 0.15) is 5.75 Å². The summed E-state index contributed by atoms with van der Waals surface area (Å²) in [6.07, 6.45) is 0.738. The van der Waals surface area contributed by atoms with Crippen molar-refractivity contribution in [3.63, 3.8) is 0 Å². The van der Waals surface area contributed by atoms with Crippen LogP contribution in [0.1, 0.15) is 19.4 Å². The van der Waals surface area contributed by atoms with Crippen LogP contribution in [0.5, 0.6) is 5.75 Å². The number of benzene rings is 1. The summed E-state index contributed by atoms with van der Waals surface area (Å²) in [5.74, 6) is 7.36. The summed E-state index contributed by atoms with van der Waals surface area (Å²) in [6.45, 7) is 4.15. The van der Waals surface area contributed by atoms with Crippen molar-refractivity contribution >= 4 is 11.6 Å². The molecule has 15 heavy (non-hydrogen) atoms. The maximum absolute atomic E-state index is 6.00. The molecule has 0 unspecified atom stereocenters. The average Bonchev–Trinajstić information content (AvgIpc) is 2.17. The molecule has 0 saturated carbocycles. The van der Waals surface area contributed by atoms with Gasteiger partial charge in [-0.1, -0.05) is 37.4 Å². The Balaban J connectivity index is 2.73. The first kappa shape index (κ1) is 11.9. The second-order valence-corrected chi connectivity index (χ2v) is 4.03. The zero-order valence-corrected chi connectivity index (χ0v) is 10.1. The Labute approximate surface area is 96.4 Å². The van der Waals surface area contributed by atoms with E-state index in [1.54, 1.807) is 7.11 Å². The summed E-state index contributed by atoms with van der Waals surface area (Å²) in [5, 5.41) is 0.640. The number of halogens is 1. The molecule has 0 saturated heterocycles. The molecule has 0 atom stereocenters. The molecule has 2 heteroatoms. The predicted molar refractivity (Wildman–Crippen MR) is 64.3 cm³/mol. The molecule has 1 aromatic carbocycles. The number of ether oxygens (including phenoxy) is 1. The van der Waals surface area contributed by atoms with Gasteiger partial charge in [-0.2, -0.15) is 0 Å². The van der Waals surface area contributed by atoms with E-state index in [4.69, 9.17) is 16.3 Å². The van der Waals surface area contributed by atoms with Crippen molar-refractivity contribution in [3.8, 4) is 17.6 Å². The molecule has 0 aliphatic rings. The summed E-state index contributed by atoms with van der Waals surface area (Å²) in [5.41, 5.74) is 1.12. The van der Waals surface area contributed by atoms with E-state index < -0.39 is 0 Å². The Morgan fingerprint density at radius 3 is 2.67 bits per heavy atom. The van der Waals surface area contributed by atoms with Crippen molar-refractivity contribution in [2.75, 3.05) is 7.11 Å². The van der Waals surface area contributed by atoms with Gasteiger partial charge in [0.05, 0.1) is 12.1 Å². The fourth-order valence-corrected chi connectivity index (χ4v) is 1.46. The standard InChI is InChI=1S/C13H15ClO/c1-10(2)5-4-6-11-7-8-13(15-3)12(14)9-11/h7-10H,6H2,1-3H3. The molecule has 0 aliphatic heterocycles. The van der Waals surface area contributed by atoms with E-state index in [2.05, 4.69) is 25.7 Å². The molecule has 0 bridgehead atoms. The first-order valence-electron chi connectivity index (χ1n) is 4.94. The Morgan fingerprint density at radius 2 is 2.13 bits per heavy atom. The van der Waals surface area contributed by atoms with Crippen LogP contribution in [0.25, 0.3) is 0 Å². The molecule has 1 nitrogen and oxygen atoms in total. The number of rotatable bonds is 2. The largest absolute Gasteiger partial charge is 0.495 e. The Kier molecular flexibility index (Phi) is 4.52. The van der Waals surface area contributed by atoms with Crippen LogP contribution >= 0.6 is 11.6 Å². The van der Waals surface area contributed by atoms with Gasteiger partial charge in [-0.3, -0.25) is 0 Å². The molecule has 0 radical (unpaired) electrons. The lowest BCUT2D eigenvalue weighted by molar-refractivity contribution is 0.415. The minimum absolute atomic E-state index is 0.415. The Bertz CT molecular complexity index is 385. The van der Waals surface area contributed by atoms with Gasteiger partial charge in [-0.15, -0.1) is 5.92 Å². The van der Waals surface area contributed by atoms with E-state index >= 15 is 0 Å². The van der Waals surface area contributed by atoms with Crippen LogP contribution in [-0.2, 0) is 6.42 Å². The summed E-state index contributed by atoms with van der Waals surface area (Å²) in [7, 11) is 1.61. The fraction of sp³-hybridized carbons (Fsp3) is 0.385. The van der Waals surface area contributed by atoms with Crippen molar-refractivity contribution in [3.05, 3.63) is 28.8 Å². The maximum atomic E-state index is 6.00. The highest BCUT2D eigenvalue weighted by Crippen LogP contribution is 2.24. The third-order valence-electron chi connectivity index (χ3n) is 1.90. The van der Waals surface area contributed by atoms with E-state index in [1.807, 2.05) is 18.2 Å². The highest BCUT2D eigenvalue weighted by Gasteiger charge is 2.00. The number of hydrogen-bond acceptors (Lipinski definition) is 1. The molecule has 1 aromatic rings. The van der Waals surface area contributed by atoms with Crippen LogP contribution in [0.4, 0.5) is 0 Å². The van der Waals surface area contributed by atoms with Crippen LogP contribution < -0.4 is 4.74 Å². The van der Waals surface area contributed by atoms with Gasteiger partial charge in [-0.25, -0.2) is 0 Å². The summed E-state index contributed by atoms with van der Waals surface area (Å²) >= 11 is 6.00. The molecule has 80 valence electrons. The van der Waals surface area contributed by atoms with Gasteiger partial charge >= 0.3 is 0 Å². The first-order valence-corrected chi connectivity index (χ1v) is 5.32. The third-order valence-corrected chi connectivity index (χ3v) is 2.19. The third kappa shape index (κ3) is 3.85. The highest BCUT2D eigenvalue weighted by molar-refractivity contribution is 6.32. The van der Waals surface area contributed by atoms with Crippen LogP contribution in [0.2, 0.25) is 5.02 Å². The first-order chi connectivity index (χ1) is 7.13. The normalized spacial score (nSPS) is 9.67. The van der Waals surface area contributed by atoms with E-state index in [0.717, 1.165) is 12.0 Å². The fourth-order valence-electron chi connectivity index (χ4n) is 1.18. The second-order valence-electron chi connectivity index (χ2n) is 3.62. The van der Waals surface area contributed by atoms with Crippen LogP contribution in [-0.4, -0.2) is 7.11 Å². The monoisotopic (exact) mass is 222 g/mol. The van der Waals surface area contributed by atoms with Gasteiger partial charge < -0.3 is 4.74 Å². The predicted octanol–water partition coefficient (Wildman–Crippen LogP) is 3.55. The molecule has 0 aliphatic carbocycles. The Morgan fingerprint density at radius 1 is 1.40 bits per heavy atom. The number of methoxy groups -OCH3 is 1. The summed E-state index contributed by atoms with van der Waals surface area (Å²) < 4.78 is 5.07. The molecular formula is C13H15ClO. The van der Waals surface area contributed by atoms with Gasteiger partial charge in [-0.05, 0) is 17.7 Å². The molecule has 0 aromatic heterocycles. The van der Waals surface area contributed by atoms with E-state index in [-0.39, 0.29) is 0 Å². The summed E-state index contributed by atoms with van der Waals surface area (Å²) in [6, 6.07) is 5.75. The average molecular weight is 223 g/mol. The lowest BCUT2D eigenvalue weighted by Gasteiger charge is -2.03. The van der Waals surface area contributed by atoms with Crippen molar-refractivity contribution in [1.29, 1.82) is 0 Å². The van der Waals surface area contributed by atoms with Gasteiger partial charge in [0.2, 0.25) is 0 Å². The molecule has 0 amide bonds. The SMILES string of the molecule is COc1ccc(CC#CC(C)C)cc1Cl. The quantitative estimate of drug-likeness (QED) is 0.696. The molecule has 0 spiro atoms. The molecule has 1 rings (SSSR count). The molecular weight excluding hydrogens is 208 g/mol. The molecule has 0 heterocycles. The molecule has 0 N–H and O–H groups in total. The van der Waals surface area contributed by atoms with Crippen molar-refractivity contribution in [1.82, 2.24) is 0 Å². The van der Waals surface area contributed by atoms with Crippen LogP contribution in [0.3, 0.4) is 0 Å². The molecule has 0 fully saturated rings. The zero-order valence-electron chi connectivity index (χ0n) is 9.30. The van der Waals surface area contributed by atoms with Gasteiger partial charge in [0.15, 0.2) is 0 Å². The number of hydrogen-bond donors (Lipinski definition) is 0. The van der Waals surface area contributed by atoms with Gasteiger partial charge in [0.25, 0.3) is 0 Å². The lowest BCUT2D eigenvalue weighted by atomic mass is 10.1. The zero-order chi connectivity index (χ0) is 11.3. The second kappa shape index (κ2) is 5.68. The van der Waals surface area contributed by atoms with E-state index in [1.165, 1.54) is 0 Å². The maximum Gasteiger partial charge on any atom is 0.137 e. The van der Waals surface area contributed by atoms with Crippen LogP contribution in [0, 0.1) is 17.8 Å². The van der Waals surface area contributed by atoms with Crippen molar-refractivity contribution in [2.45, 2.75) is 20.3 Å². The van der Waals surface area contributed by atoms with Crippen molar-refractivity contribution in [2.24, 2.45) is 5.92 Å². The van der Waals surface area contributed by atoms with Gasteiger partial charge in [0, 0.05) is 12.3 Å².